The SMILES string of the molecule is COc1nc2ccccc2cc1CC1(CN)CC1. The van der Waals surface area contributed by atoms with Crippen LogP contribution in [0.4, 0.5) is 0 Å². The number of benzene rings is 1. The summed E-state index contributed by atoms with van der Waals surface area (Å²) in [6.07, 6.45) is 3.42. The highest BCUT2D eigenvalue weighted by atomic mass is 16.5. The summed E-state index contributed by atoms with van der Waals surface area (Å²) in [5.41, 5.74) is 8.32. The molecule has 1 aliphatic rings. The van der Waals surface area contributed by atoms with Crippen LogP contribution in [0, 0.1) is 5.41 Å². The first-order chi connectivity index (χ1) is 8.76. The van der Waals surface area contributed by atoms with Gasteiger partial charge in [-0.05, 0) is 43.4 Å². The molecule has 3 rings (SSSR count). The minimum Gasteiger partial charge on any atom is -0.481 e. The molecule has 0 spiro atoms. The fraction of sp³-hybridized carbons (Fsp3) is 0.400. The van der Waals surface area contributed by atoms with E-state index in [0.29, 0.717) is 5.41 Å². The van der Waals surface area contributed by atoms with Crippen LogP contribution in [0.3, 0.4) is 0 Å². The van der Waals surface area contributed by atoms with Gasteiger partial charge in [0.05, 0.1) is 12.6 Å². The molecule has 1 heterocycles. The summed E-state index contributed by atoms with van der Waals surface area (Å²) in [6, 6.07) is 10.3. The largest absolute Gasteiger partial charge is 0.481 e. The Hall–Kier alpha value is -1.61. The van der Waals surface area contributed by atoms with Gasteiger partial charge in [-0.1, -0.05) is 18.2 Å². The second-order valence-corrected chi connectivity index (χ2v) is 5.23. The zero-order valence-electron chi connectivity index (χ0n) is 10.6. The van der Waals surface area contributed by atoms with E-state index in [0.717, 1.165) is 24.4 Å². The van der Waals surface area contributed by atoms with Gasteiger partial charge in [-0.2, -0.15) is 0 Å². The minimum absolute atomic E-state index is 0.303. The van der Waals surface area contributed by atoms with E-state index in [9.17, 15) is 0 Å². The third kappa shape index (κ3) is 1.95. The summed E-state index contributed by atoms with van der Waals surface area (Å²) in [5, 5.41) is 1.17. The Balaban J connectivity index is 2.04. The summed E-state index contributed by atoms with van der Waals surface area (Å²) < 4.78 is 5.42. The molecule has 1 aromatic carbocycles. The van der Waals surface area contributed by atoms with Crippen molar-refractivity contribution in [1.29, 1.82) is 0 Å². The molecule has 1 aliphatic carbocycles. The minimum atomic E-state index is 0.303. The number of pyridine rings is 1. The third-order valence-electron chi connectivity index (χ3n) is 3.91. The molecule has 18 heavy (non-hydrogen) atoms. The quantitative estimate of drug-likeness (QED) is 0.896. The standard InChI is InChI=1S/C15H18N2O/c1-18-14-12(9-15(10-16)6-7-15)8-11-4-2-3-5-13(11)17-14/h2-5,8H,6-7,9-10,16H2,1H3. The van der Waals surface area contributed by atoms with Gasteiger partial charge < -0.3 is 10.5 Å². The van der Waals surface area contributed by atoms with Gasteiger partial charge in [0.2, 0.25) is 5.88 Å². The van der Waals surface area contributed by atoms with Gasteiger partial charge in [0, 0.05) is 10.9 Å². The Labute approximate surface area is 107 Å². The Morgan fingerprint density at radius 2 is 2.11 bits per heavy atom. The second-order valence-electron chi connectivity index (χ2n) is 5.23. The van der Waals surface area contributed by atoms with Gasteiger partial charge >= 0.3 is 0 Å². The van der Waals surface area contributed by atoms with Gasteiger partial charge in [-0.3, -0.25) is 0 Å². The van der Waals surface area contributed by atoms with Gasteiger partial charge in [0.1, 0.15) is 0 Å². The zero-order chi connectivity index (χ0) is 12.6. The van der Waals surface area contributed by atoms with Crippen molar-refractivity contribution in [1.82, 2.24) is 4.98 Å². The van der Waals surface area contributed by atoms with E-state index < -0.39 is 0 Å². The zero-order valence-corrected chi connectivity index (χ0v) is 10.6. The van der Waals surface area contributed by atoms with Crippen LogP contribution >= 0.6 is 0 Å². The summed E-state index contributed by atoms with van der Waals surface area (Å²) in [6.45, 7) is 0.753. The molecule has 1 fully saturated rings. The van der Waals surface area contributed by atoms with Crippen LogP contribution in [-0.4, -0.2) is 18.6 Å². The van der Waals surface area contributed by atoms with Crippen molar-refractivity contribution in [3.8, 4) is 5.88 Å². The molecular formula is C15H18N2O. The van der Waals surface area contributed by atoms with Gasteiger partial charge in [0.15, 0.2) is 0 Å². The van der Waals surface area contributed by atoms with Crippen LogP contribution in [0.5, 0.6) is 5.88 Å². The van der Waals surface area contributed by atoms with Crippen LogP contribution in [-0.2, 0) is 6.42 Å². The Morgan fingerprint density at radius 3 is 2.78 bits per heavy atom. The third-order valence-corrected chi connectivity index (χ3v) is 3.91. The van der Waals surface area contributed by atoms with E-state index in [2.05, 4.69) is 17.1 Å². The number of hydrogen-bond acceptors (Lipinski definition) is 3. The fourth-order valence-corrected chi connectivity index (χ4v) is 2.48. The number of ether oxygens (including phenoxy) is 1. The van der Waals surface area contributed by atoms with Crippen molar-refractivity contribution in [2.24, 2.45) is 11.1 Å². The van der Waals surface area contributed by atoms with Gasteiger partial charge in [-0.25, -0.2) is 4.98 Å². The van der Waals surface area contributed by atoms with E-state index in [1.54, 1.807) is 7.11 Å². The van der Waals surface area contributed by atoms with Crippen LogP contribution in [0.1, 0.15) is 18.4 Å². The number of para-hydroxylation sites is 1. The van der Waals surface area contributed by atoms with Gasteiger partial charge in [-0.15, -0.1) is 0 Å². The lowest BCUT2D eigenvalue weighted by molar-refractivity contribution is 0.387. The lowest BCUT2D eigenvalue weighted by Gasteiger charge is -2.15. The smallest absolute Gasteiger partial charge is 0.216 e. The lowest BCUT2D eigenvalue weighted by Crippen LogP contribution is -2.18. The molecule has 3 heteroatoms. The highest BCUT2D eigenvalue weighted by Crippen LogP contribution is 2.48. The topological polar surface area (TPSA) is 48.1 Å². The first-order valence-corrected chi connectivity index (χ1v) is 6.39. The van der Waals surface area contributed by atoms with Crippen molar-refractivity contribution in [3.05, 3.63) is 35.9 Å². The normalized spacial score (nSPS) is 16.8. The number of nitrogens with zero attached hydrogens (tertiary/aromatic N) is 1. The highest BCUT2D eigenvalue weighted by molar-refractivity contribution is 5.80. The van der Waals surface area contributed by atoms with Crippen molar-refractivity contribution in [2.75, 3.05) is 13.7 Å². The number of fused-ring (bicyclic) bond motifs is 1. The molecule has 0 bridgehead atoms. The molecule has 1 aromatic heterocycles. The lowest BCUT2D eigenvalue weighted by atomic mass is 9.96. The predicted octanol–water partition coefficient (Wildman–Crippen LogP) is 2.52. The van der Waals surface area contributed by atoms with Crippen molar-refractivity contribution in [3.63, 3.8) is 0 Å². The molecule has 0 amide bonds. The monoisotopic (exact) mass is 242 g/mol. The Kier molecular flexibility index (Phi) is 2.71. The number of rotatable bonds is 4. The van der Waals surface area contributed by atoms with Crippen molar-refractivity contribution >= 4 is 10.9 Å². The number of methoxy groups -OCH3 is 1. The van der Waals surface area contributed by atoms with Crippen molar-refractivity contribution in [2.45, 2.75) is 19.3 Å². The maximum absolute atomic E-state index is 5.86. The molecule has 3 nitrogen and oxygen atoms in total. The van der Waals surface area contributed by atoms with E-state index in [4.69, 9.17) is 10.5 Å². The molecule has 0 saturated heterocycles. The van der Waals surface area contributed by atoms with Crippen molar-refractivity contribution < 1.29 is 4.74 Å². The first kappa shape index (κ1) is 11.5. The maximum Gasteiger partial charge on any atom is 0.216 e. The second kappa shape index (κ2) is 4.25. The van der Waals surface area contributed by atoms with E-state index in [1.807, 2.05) is 18.2 Å². The summed E-state index contributed by atoms with van der Waals surface area (Å²) in [5.74, 6) is 0.744. The fourth-order valence-electron chi connectivity index (χ4n) is 2.48. The average molecular weight is 242 g/mol. The molecule has 0 radical (unpaired) electrons. The molecule has 1 saturated carbocycles. The number of hydrogen-bond donors (Lipinski definition) is 1. The molecule has 94 valence electrons. The van der Waals surface area contributed by atoms with Crippen LogP contribution < -0.4 is 10.5 Å². The predicted molar refractivity (Wildman–Crippen MR) is 72.7 cm³/mol. The summed E-state index contributed by atoms with van der Waals surface area (Å²) >= 11 is 0. The number of aromatic nitrogens is 1. The van der Waals surface area contributed by atoms with E-state index >= 15 is 0 Å². The molecule has 2 N–H and O–H groups in total. The summed E-state index contributed by atoms with van der Waals surface area (Å²) in [7, 11) is 1.68. The average Bonchev–Trinajstić information content (AvgIpc) is 3.18. The van der Waals surface area contributed by atoms with E-state index in [-0.39, 0.29) is 0 Å². The Bertz CT molecular complexity index is 576. The number of nitrogens with two attached hydrogens (primary N) is 1. The molecule has 2 aromatic rings. The van der Waals surface area contributed by atoms with Crippen LogP contribution in [0.15, 0.2) is 30.3 Å². The highest BCUT2D eigenvalue weighted by Gasteiger charge is 2.41. The van der Waals surface area contributed by atoms with Crippen LogP contribution in [0.2, 0.25) is 0 Å². The van der Waals surface area contributed by atoms with E-state index in [1.165, 1.54) is 23.8 Å². The molecule has 0 aliphatic heterocycles. The molecule has 0 unspecified atom stereocenters. The van der Waals surface area contributed by atoms with Crippen LogP contribution in [0.25, 0.3) is 10.9 Å². The first-order valence-electron chi connectivity index (χ1n) is 6.39. The Morgan fingerprint density at radius 1 is 1.33 bits per heavy atom. The molecular weight excluding hydrogens is 224 g/mol. The van der Waals surface area contributed by atoms with Gasteiger partial charge in [0.25, 0.3) is 0 Å². The summed E-state index contributed by atoms with van der Waals surface area (Å²) in [4.78, 5) is 4.58. The molecule has 0 atom stereocenters. The maximum atomic E-state index is 5.86.